The fourth-order valence-electron chi connectivity index (χ4n) is 1.81. The number of H-pyrrole nitrogens is 1. The number of benzene rings is 1. The monoisotopic (exact) mass is 301 g/mol. The van der Waals surface area contributed by atoms with E-state index in [1.807, 2.05) is 0 Å². The maximum Gasteiger partial charge on any atom is 0.273 e. The van der Waals surface area contributed by atoms with Crippen molar-refractivity contribution in [3.63, 3.8) is 0 Å². The number of nitrogens with zero attached hydrogens (tertiary/aromatic N) is 1. The maximum absolute atomic E-state index is 12.2. The Morgan fingerprint density at radius 3 is 2.59 bits per heavy atom. The minimum absolute atomic E-state index is 0.0915. The SMILES string of the molecule is CNC(=O)c1n[nH]cc1NC(=O)c1cccc(NC(C)=O)c1. The summed E-state index contributed by atoms with van der Waals surface area (Å²) in [6.45, 7) is 1.38. The van der Waals surface area contributed by atoms with E-state index in [2.05, 4.69) is 26.1 Å². The molecule has 2 aromatic rings. The van der Waals surface area contributed by atoms with Crippen LogP contribution >= 0.6 is 0 Å². The molecule has 0 atom stereocenters. The molecule has 0 saturated carbocycles. The quantitative estimate of drug-likeness (QED) is 0.673. The second-order valence-corrected chi connectivity index (χ2v) is 4.44. The number of rotatable bonds is 4. The van der Waals surface area contributed by atoms with Gasteiger partial charge in [-0.25, -0.2) is 0 Å². The normalized spacial score (nSPS) is 9.91. The molecule has 0 fully saturated rings. The van der Waals surface area contributed by atoms with Gasteiger partial charge < -0.3 is 16.0 Å². The Morgan fingerprint density at radius 1 is 1.14 bits per heavy atom. The number of hydrogen-bond donors (Lipinski definition) is 4. The number of carbonyl (C=O) groups excluding carboxylic acids is 3. The summed E-state index contributed by atoms with van der Waals surface area (Å²) in [5.41, 5.74) is 1.22. The number of nitrogens with one attached hydrogen (secondary N) is 4. The summed E-state index contributed by atoms with van der Waals surface area (Å²) in [4.78, 5) is 34.8. The van der Waals surface area contributed by atoms with Crippen molar-refractivity contribution in [3.8, 4) is 0 Å². The van der Waals surface area contributed by atoms with Crippen LogP contribution in [0.2, 0.25) is 0 Å². The van der Waals surface area contributed by atoms with Gasteiger partial charge in [0, 0.05) is 31.4 Å². The van der Waals surface area contributed by atoms with Gasteiger partial charge in [-0.1, -0.05) is 6.07 Å². The molecule has 0 spiro atoms. The van der Waals surface area contributed by atoms with Gasteiger partial charge in [0.05, 0.1) is 5.69 Å². The molecule has 8 heteroatoms. The first-order valence-corrected chi connectivity index (χ1v) is 6.46. The van der Waals surface area contributed by atoms with E-state index >= 15 is 0 Å². The lowest BCUT2D eigenvalue weighted by atomic mass is 10.2. The highest BCUT2D eigenvalue weighted by Crippen LogP contribution is 2.15. The van der Waals surface area contributed by atoms with Crippen LogP contribution in [0.3, 0.4) is 0 Å². The number of amides is 3. The molecule has 8 nitrogen and oxygen atoms in total. The van der Waals surface area contributed by atoms with Crippen molar-refractivity contribution in [3.05, 3.63) is 41.7 Å². The van der Waals surface area contributed by atoms with E-state index in [-0.39, 0.29) is 17.3 Å². The van der Waals surface area contributed by atoms with E-state index in [0.717, 1.165) is 0 Å². The van der Waals surface area contributed by atoms with Crippen molar-refractivity contribution in [1.82, 2.24) is 15.5 Å². The van der Waals surface area contributed by atoms with Crippen LogP contribution in [0.15, 0.2) is 30.5 Å². The average Bonchev–Trinajstić information content (AvgIpc) is 2.94. The fourth-order valence-corrected chi connectivity index (χ4v) is 1.81. The number of anilines is 2. The summed E-state index contributed by atoms with van der Waals surface area (Å²) in [6, 6.07) is 6.46. The van der Waals surface area contributed by atoms with E-state index in [4.69, 9.17) is 0 Å². The molecule has 4 N–H and O–H groups in total. The van der Waals surface area contributed by atoms with E-state index in [1.54, 1.807) is 18.2 Å². The third kappa shape index (κ3) is 3.48. The summed E-state index contributed by atoms with van der Waals surface area (Å²) in [7, 11) is 1.47. The zero-order chi connectivity index (χ0) is 16.1. The van der Waals surface area contributed by atoms with Gasteiger partial charge in [0.1, 0.15) is 0 Å². The van der Waals surface area contributed by atoms with Crippen LogP contribution in [-0.4, -0.2) is 35.0 Å². The van der Waals surface area contributed by atoms with Crippen molar-refractivity contribution >= 4 is 29.1 Å². The molecule has 0 bridgehead atoms. The predicted molar refractivity (Wildman–Crippen MR) is 80.7 cm³/mol. The third-order valence-corrected chi connectivity index (χ3v) is 2.78. The average molecular weight is 301 g/mol. The molecule has 1 heterocycles. The molecule has 0 radical (unpaired) electrons. The van der Waals surface area contributed by atoms with Crippen LogP contribution in [0.25, 0.3) is 0 Å². The summed E-state index contributed by atoms with van der Waals surface area (Å²) in [6.07, 6.45) is 1.42. The second-order valence-electron chi connectivity index (χ2n) is 4.44. The number of hydrogen-bond acceptors (Lipinski definition) is 4. The molecule has 0 saturated heterocycles. The summed E-state index contributed by atoms with van der Waals surface area (Å²) >= 11 is 0. The first-order valence-electron chi connectivity index (χ1n) is 6.46. The number of aromatic amines is 1. The van der Waals surface area contributed by atoms with Gasteiger partial charge in [-0.05, 0) is 18.2 Å². The Balaban J connectivity index is 2.18. The van der Waals surface area contributed by atoms with Crippen LogP contribution in [0.5, 0.6) is 0 Å². The molecule has 3 amide bonds. The molecular formula is C14H15N5O3. The summed E-state index contributed by atoms with van der Waals surface area (Å²) in [5.74, 6) is -1.06. The Morgan fingerprint density at radius 2 is 1.91 bits per heavy atom. The van der Waals surface area contributed by atoms with E-state index in [0.29, 0.717) is 11.3 Å². The number of aromatic nitrogens is 2. The Bertz CT molecular complexity index is 723. The number of carbonyl (C=O) groups is 3. The van der Waals surface area contributed by atoms with Gasteiger partial charge >= 0.3 is 0 Å². The predicted octanol–water partition coefficient (Wildman–Crippen LogP) is 0.980. The van der Waals surface area contributed by atoms with E-state index in [1.165, 1.54) is 26.2 Å². The minimum atomic E-state index is -0.418. The highest BCUT2D eigenvalue weighted by atomic mass is 16.2. The van der Waals surface area contributed by atoms with Crippen molar-refractivity contribution in [2.45, 2.75) is 6.92 Å². The molecule has 1 aromatic carbocycles. The van der Waals surface area contributed by atoms with Crippen molar-refractivity contribution in [2.24, 2.45) is 0 Å². The largest absolute Gasteiger partial charge is 0.354 e. The van der Waals surface area contributed by atoms with Crippen molar-refractivity contribution in [2.75, 3.05) is 17.7 Å². The van der Waals surface area contributed by atoms with Crippen molar-refractivity contribution in [1.29, 1.82) is 0 Å². The summed E-state index contributed by atoms with van der Waals surface area (Å²) < 4.78 is 0. The van der Waals surface area contributed by atoms with Gasteiger partial charge in [-0.2, -0.15) is 5.10 Å². The Kier molecular flexibility index (Phi) is 4.52. The topological polar surface area (TPSA) is 116 Å². The molecule has 0 aliphatic carbocycles. The fraction of sp³-hybridized carbons (Fsp3) is 0.143. The Hall–Kier alpha value is -3.16. The lowest BCUT2D eigenvalue weighted by Gasteiger charge is -2.07. The molecule has 0 aliphatic rings. The third-order valence-electron chi connectivity index (χ3n) is 2.78. The smallest absolute Gasteiger partial charge is 0.273 e. The lowest BCUT2D eigenvalue weighted by molar-refractivity contribution is -0.114. The first kappa shape index (κ1) is 15.2. The summed E-state index contributed by atoms with van der Waals surface area (Å²) in [5, 5.41) is 13.9. The van der Waals surface area contributed by atoms with Crippen LogP contribution in [0, 0.1) is 0 Å². The van der Waals surface area contributed by atoms with E-state index < -0.39 is 11.8 Å². The lowest BCUT2D eigenvalue weighted by Crippen LogP contribution is -2.21. The highest BCUT2D eigenvalue weighted by Gasteiger charge is 2.16. The van der Waals surface area contributed by atoms with Crippen molar-refractivity contribution < 1.29 is 14.4 Å². The molecule has 0 aliphatic heterocycles. The van der Waals surface area contributed by atoms with Gasteiger partial charge in [0.2, 0.25) is 5.91 Å². The van der Waals surface area contributed by atoms with Gasteiger partial charge in [0.15, 0.2) is 5.69 Å². The van der Waals surface area contributed by atoms with E-state index in [9.17, 15) is 14.4 Å². The zero-order valence-corrected chi connectivity index (χ0v) is 12.1. The maximum atomic E-state index is 12.2. The Labute approximate surface area is 126 Å². The standard InChI is InChI=1S/C14H15N5O3/c1-8(20)17-10-5-3-4-9(6-10)13(21)18-11-7-16-19-12(11)14(22)15-2/h3-7H,1-2H3,(H,15,22)(H,16,19)(H,17,20)(H,18,21). The first-order chi connectivity index (χ1) is 10.5. The molecular weight excluding hydrogens is 286 g/mol. The van der Waals surface area contributed by atoms with Crippen LogP contribution < -0.4 is 16.0 Å². The highest BCUT2D eigenvalue weighted by molar-refractivity contribution is 6.08. The van der Waals surface area contributed by atoms with Gasteiger partial charge in [-0.15, -0.1) is 0 Å². The van der Waals surface area contributed by atoms with Crippen LogP contribution in [0.1, 0.15) is 27.8 Å². The molecule has 2 rings (SSSR count). The van der Waals surface area contributed by atoms with Crippen LogP contribution in [0.4, 0.5) is 11.4 Å². The van der Waals surface area contributed by atoms with Crippen LogP contribution in [-0.2, 0) is 4.79 Å². The molecule has 22 heavy (non-hydrogen) atoms. The second kappa shape index (κ2) is 6.53. The molecule has 114 valence electrons. The minimum Gasteiger partial charge on any atom is -0.354 e. The van der Waals surface area contributed by atoms with Gasteiger partial charge in [0.25, 0.3) is 11.8 Å². The van der Waals surface area contributed by atoms with Gasteiger partial charge in [-0.3, -0.25) is 19.5 Å². The molecule has 1 aromatic heterocycles. The molecule has 0 unspecified atom stereocenters. The zero-order valence-electron chi connectivity index (χ0n) is 12.1.